The molecule has 3 heterocycles. The van der Waals surface area contributed by atoms with Crippen LogP contribution in [0, 0.1) is 6.92 Å². The first kappa shape index (κ1) is 15.0. The Bertz CT molecular complexity index is 505. The van der Waals surface area contributed by atoms with E-state index in [0.29, 0.717) is 6.04 Å². The Kier molecular flexibility index (Phi) is 3.84. The third-order valence-electron chi connectivity index (χ3n) is 5.09. The molecule has 1 N–H and O–H groups in total. The van der Waals surface area contributed by atoms with E-state index in [-0.39, 0.29) is 5.54 Å². The fourth-order valence-corrected chi connectivity index (χ4v) is 3.67. The number of aryl methyl sites for hydroxylation is 1. The van der Waals surface area contributed by atoms with Gasteiger partial charge < -0.3 is 9.88 Å². The van der Waals surface area contributed by atoms with E-state index < -0.39 is 0 Å². The number of piperazine rings is 1. The van der Waals surface area contributed by atoms with Gasteiger partial charge in [-0.3, -0.25) is 9.80 Å². The van der Waals surface area contributed by atoms with Crippen LogP contribution in [0.1, 0.15) is 44.0 Å². The van der Waals surface area contributed by atoms with Gasteiger partial charge in [0.1, 0.15) is 5.82 Å². The van der Waals surface area contributed by atoms with Crippen LogP contribution in [0.5, 0.6) is 0 Å². The minimum absolute atomic E-state index is 0.283. The standard InChI is InChI=1S/C16H29N5/c1-12-18-13-10-17-11-14(15(13)19(12)5)20-6-8-21(9-7-20)16(2,3)4/h14,17H,6-11H2,1-5H3. The maximum absolute atomic E-state index is 4.71. The first-order valence-electron chi connectivity index (χ1n) is 8.10. The molecule has 0 aliphatic carbocycles. The zero-order valence-corrected chi connectivity index (χ0v) is 14.1. The molecule has 2 aliphatic rings. The zero-order valence-electron chi connectivity index (χ0n) is 14.1. The van der Waals surface area contributed by atoms with E-state index in [0.717, 1.165) is 45.1 Å². The summed E-state index contributed by atoms with van der Waals surface area (Å²) >= 11 is 0. The predicted molar refractivity (Wildman–Crippen MR) is 85.3 cm³/mol. The molecule has 1 aromatic heterocycles. The van der Waals surface area contributed by atoms with Gasteiger partial charge in [0, 0.05) is 51.9 Å². The zero-order chi connectivity index (χ0) is 15.2. The van der Waals surface area contributed by atoms with Gasteiger partial charge in [-0.2, -0.15) is 0 Å². The number of nitrogens with zero attached hydrogens (tertiary/aromatic N) is 4. The van der Waals surface area contributed by atoms with Gasteiger partial charge in [0.05, 0.1) is 17.4 Å². The summed E-state index contributed by atoms with van der Waals surface area (Å²) < 4.78 is 2.29. The highest BCUT2D eigenvalue weighted by Gasteiger charge is 2.33. The van der Waals surface area contributed by atoms with Gasteiger partial charge in [0.2, 0.25) is 0 Å². The average Bonchev–Trinajstić information content (AvgIpc) is 2.73. The van der Waals surface area contributed by atoms with Crippen molar-refractivity contribution in [2.75, 3.05) is 32.7 Å². The number of aromatic nitrogens is 2. The van der Waals surface area contributed by atoms with E-state index >= 15 is 0 Å². The van der Waals surface area contributed by atoms with Crippen LogP contribution in [-0.4, -0.2) is 57.6 Å². The number of fused-ring (bicyclic) bond motifs is 1. The van der Waals surface area contributed by atoms with Gasteiger partial charge in [0.15, 0.2) is 0 Å². The van der Waals surface area contributed by atoms with Crippen molar-refractivity contribution in [3.63, 3.8) is 0 Å². The summed E-state index contributed by atoms with van der Waals surface area (Å²) in [6, 6.07) is 0.474. The Morgan fingerprint density at radius 3 is 2.43 bits per heavy atom. The molecule has 1 atom stereocenters. The van der Waals surface area contributed by atoms with Gasteiger partial charge in [-0.1, -0.05) is 0 Å². The maximum atomic E-state index is 4.71. The summed E-state index contributed by atoms with van der Waals surface area (Å²) in [5.41, 5.74) is 2.95. The Labute approximate surface area is 128 Å². The summed E-state index contributed by atoms with van der Waals surface area (Å²) in [5, 5.41) is 3.54. The summed E-state index contributed by atoms with van der Waals surface area (Å²) in [6.07, 6.45) is 0. The molecule has 0 saturated carbocycles. The number of rotatable bonds is 1. The molecule has 5 heteroatoms. The molecule has 1 aromatic rings. The molecule has 0 amide bonds. The highest BCUT2D eigenvalue weighted by atomic mass is 15.3. The van der Waals surface area contributed by atoms with Crippen LogP contribution in [0.15, 0.2) is 0 Å². The lowest BCUT2D eigenvalue weighted by Gasteiger charge is -2.45. The third-order valence-corrected chi connectivity index (χ3v) is 5.09. The van der Waals surface area contributed by atoms with Crippen LogP contribution in [0.4, 0.5) is 0 Å². The smallest absolute Gasteiger partial charge is 0.105 e. The van der Waals surface area contributed by atoms with Crippen LogP contribution < -0.4 is 5.32 Å². The lowest BCUT2D eigenvalue weighted by Crippen LogP contribution is -2.55. The predicted octanol–water partition coefficient (Wildman–Crippen LogP) is 1.29. The van der Waals surface area contributed by atoms with E-state index in [9.17, 15) is 0 Å². The average molecular weight is 291 g/mol. The van der Waals surface area contributed by atoms with E-state index in [2.05, 4.69) is 54.4 Å². The molecule has 118 valence electrons. The Morgan fingerprint density at radius 1 is 1.14 bits per heavy atom. The molecule has 0 bridgehead atoms. The van der Waals surface area contributed by atoms with Crippen LogP contribution >= 0.6 is 0 Å². The Balaban J connectivity index is 1.76. The molecule has 1 unspecified atom stereocenters. The SMILES string of the molecule is Cc1nc2c(n1C)C(N1CCN(C(C)(C)C)CC1)CNC2. The van der Waals surface area contributed by atoms with Crippen molar-refractivity contribution in [2.45, 2.75) is 45.8 Å². The van der Waals surface area contributed by atoms with E-state index in [1.165, 1.54) is 11.4 Å². The van der Waals surface area contributed by atoms with Gasteiger partial charge in [-0.15, -0.1) is 0 Å². The van der Waals surface area contributed by atoms with Gasteiger partial charge in [-0.25, -0.2) is 4.98 Å². The van der Waals surface area contributed by atoms with Gasteiger partial charge >= 0.3 is 0 Å². The maximum Gasteiger partial charge on any atom is 0.105 e. The monoisotopic (exact) mass is 291 g/mol. The van der Waals surface area contributed by atoms with Crippen molar-refractivity contribution in [2.24, 2.45) is 7.05 Å². The Morgan fingerprint density at radius 2 is 1.81 bits per heavy atom. The molecule has 0 spiro atoms. The second kappa shape index (κ2) is 5.38. The summed E-state index contributed by atoms with van der Waals surface area (Å²) in [7, 11) is 2.16. The molecule has 3 rings (SSSR count). The highest BCUT2D eigenvalue weighted by Crippen LogP contribution is 2.29. The molecular weight excluding hydrogens is 262 g/mol. The number of hydrogen-bond acceptors (Lipinski definition) is 4. The van der Waals surface area contributed by atoms with Crippen molar-refractivity contribution in [1.82, 2.24) is 24.7 Å². The largest absolute Gasteiger partial charge is 0.334 e. The Hall–Kier alpha value is -0.910. The number of imidazole rings is 1. The molecule has 2 aliphatic heterocycles. The number of nitrogens with one attached hydrogen (secondary N) is 1. The van der Waals surface area contributed by atoms with Crippen LogP contribution in [0.2, 0.25) is 0 Å². The molecule has 0 aromatic carbocycles. The van der Waals surface area contributed by atoms with Crippen molar-refractivity contribution >= 4 is 0 Å². The summed E-state index contributed by atoms with van der Waals surface area (Å²) in [5.74, 6) is 1.13. The fourth-order valence-electron chi connectivity index (χ4n) is 3.67. The van der Waals surface area contributed by atoms with E-state index in [4.69, 9.17) is 4.98 Å². The molecule has 0 radical (unpaired) electrons. The second-order valence-electron chi connectivity index (χ2n) is 7.39. The lowest BCUT2D eigenvalue weighted by atomic mass is 10.0. The molecule has 5 nitrogen and oxygen atoms in total. The fraction of sp³-hybridized carbons (Fsp3) is 0.812. The highest BCUT2D eigenvalue weighted by molar-refractivity contribution is 5.24. The minimum Gasteiger partial charge on any atom is -0.334 e. The van der Waals surface area contributed by atoms with Crippen molar-refractivity contribution in [1.29, 1.82) is 0 Å². The van der Waals surface area contributed by atoms with Crippen molar-refractivity contribution < 1.29 is 0 Å². The van der Waals surface area contributed by atoms with Gasteiger partial charge in [0.25, 0.3) is 0 Å². The topological polar surface area (TPSA) is 36.3 Å². The summed E-state index contributed by atoms with van der Waals surface area (Å²) in [6.45, 7) is 15.6. The molecule has 1 fully saturated rings. The van der Waals surface area contributed by atoms with Crippen LogP contribution in [0.3, 0.4) is 0 Å². The van der Waals surface area contributed by atoms with Crippen LogP contribution in [0.25, 0.3) is 0 Å². The van der Waals surface area contributed by atoms with Gasteiger partial charge in [-0.05, 0) is 27.7 Å². The third kappa shape index (κ3) is 2.74. The normalized spacial score (nSPS) is 25.1. The first-order chi connectivity index (χ1) is 9.88. The van der Waals surface area contributed by atoms with E-state index in [1.807, 2.05) is 0 Å². The van der Waals surface area contributed by atoms with Crippen molar-refractivity contribution in [3.05, 3.63) is 17.2 Å². The molecular formula is C16H29N5. The van der Waals surface area contributed by atoms with Crippen LogP contribution in [-0.2, 0) is 13.6 Å². The summed E-state index contributed by atoms with van der Waals surface area (Å²) in [4.78, 5) is 9.94. The number of hydrogen-bond donors (Lipinski definition) is 1. The lowest BCUT2D eigenvalue weighted by molar-refractivity contribution is 0.0382. The van der Waals surface area contributed by atoms with Crippen molar-refractivity contribution in [3.8, 4) is 0 Å². The molecule has 21 heavy (non-hydrogen) atoms. The second-order valence-corrected chi connectivity index (χ2v) is 7.39. The quantitative estimate of drug-likeness (QED) is 0.846. The minimum atomic E-state index is 0.283. The first-order valence-corrected chi connectivity index (χ1v) is 8.10. The molecule has 1 saturated heterocycles. The van der Waals surface area contributed by atoms with E-state index in [1.54, 1.807) is 0 Å².